The van der Waals surface area contributed by atoms with Crippen molar-refractivity contribution in [1.29, 1.82) is 5.41 Å². The molecule has 4 heteroatoms. The van der Waals surface area contributed by atoms with Crippen molar-refractivity contribution < 1.29 is 1.37 Å². The predicted molar refractivity (Wildman–Crippen MR) is 73.1 cm³/mol. The van der Waals surface area contributed by atoms with Crippen LogP contribution in [0.25, 0.3) is 22.3 Å². The first kappa shape index (κ1) is 10.0. The summed E-state index contributed by atoms with van der Waals surface area (Å²) in [7, 11) is 0. The summed E-state index contributed by atoms with van der Waals surface area (Å²) in [5.74, 6) is 2.58. The third-order valence-corrected chi connectivity index (χ3v) is 2.80. The molecule has 0 aliphatic rings. The summed E-state index contributed by atoms with van der Waals surface area (Å²) in [5, 5.41) is 7.80. The van der Waals surface area contributed by atoms with Crippen molar-refractivity contribution >= 4 is 11.0 Å². The van der Waals surface area contributed by atoms with E-state index in [1.165, 1.54) is 0 Å². The largest absolute Gasteiger partial charge is 0.344 e. The Hall–Kier alpha value is -2.93. The quantitative estimate of drug-likeness (QED) is 0.647. The average Bonchev–Trinajstić information content (AvgIpc) is 2.47. The first-order valence-electron chi connectivity index (χ1n) is 6.17. The second-order valence-electron chi connectivity index (χ2n) is 4.02. The molecule has 2 aromatic heterocycles. The van der Waals surface area contributed by atoms with Crippen molar-refractivity contribution in [3.63, 3.8) is 0 Å². The number of aromatic nitrogens is 3. The fraction of sp³-hybridized carbons (Fsp3) is 0. The molecule has 1 aromatic carbocycles. The molecule has 0 aliphatic carbocycles. The number of aromatic amines is 1. The van der Waals surface area contributed by atoms with Gasteiger partial charge in [0, 0.05) is 11.1 Å². The molecule has 19 heavy (non-hydrogen) atoms. The van der Waals surface area contributed by atoms with E-state index >= 15 is 0 Å². The number of hydrogen-bond acceptors (Lipinski definition) is 3. The van der Waals surface area contributed by atoms with Gasteiger partial charge in [-0.15, -0.1) is 6.42 Å². The standard InChI is InChI=1S/C15H10N4/c1-2-10-4-3-5-11(8-10)12-6-7-13-14(19-12)15(16)18-9-17-13/h1,3-9H,(H2,16,17,18)/i9D. The Kier molecular flexibility index (Phi) is 2.32. The Balaban J connectivity index is 2.23. The number of nitrogens with zero attached hydrogens (tertiary/aromatic N) is 2. The second-order valence-corrected chi connectivity index (χ2v) is 4.02. The van der Waals surface area contributed by atoms with E-state index in [0.717, 1.165) is 16.8 Å². The van der Waals surface area contributed by atoms with Crippen LogP contribution in [-0.2, 0) is 0 Å². The number of nitrogens with one attached hydrogen (secondary N) is 2. The van der Waals surface area contributed by atoms with Gasteiger partial charge in [0.2, 0.25) is 0 Å². The van der Waals surface area contributed by atoms with E-state index in [4.69, 9.17) is 13.2 Å². The minimum Gasteiger partial charge on any atom is -0.344 e. The number of fused-ring (bicyclic) bond motifs is 1. The minimum absolute atomic E-state index is 0.0151. The topological polar surface area (TPSA) is 65.4 Å². The molecule has 3 aromatic rings. The van der Waals surface area contributed by atoms with E-state index < -0.39 is 0 Å². The lowest BCUT2D eigenvalue weighted by atomic mass is 10.1. The summed E-state index contributed by atoms with van der Waals surface area (Å²) >= 11 is 0. The van der Waals surface area contributed by atoms with E-state index in [1.54, 1.807) is 6.07 Å². The molecule has 0 saturated heterocycles. The molecule has 0 spiro atoms. The third kappa shape index (κ3) is 1.98. The molecule has 0 bridgehead atoms. The SMILES string of the molecule is [2H]c1nc(=N)c2nc(-c3cccc(C#C)c3)ccc2[nH]1. The Morgan fingerprint density at radius 3 is 3.05 bits per heavy atom. The number of terminal acetylenes is 1. The molecule has 0 amide bonds. The van der Waals surface area contributed by atoms with Gasteiger partial charge in [0.1, 0.15) is 6.89 Å². The van der Waals surface area contributed by atoms with Crippen molar-refractivity contribution in [2.75, 3.05) is 0 Å². The van der Waals surface area contributed by atoms with Gasteiger partial charge in [-0.05, 0) is 24.3 Å². The van der Waals surface area contributed by atoms with Crippen molar-refractivity contribution in [3.8, 4) is 23.6 Å². The molecule has 0 radical (unpaired) electrons. The third-order valence-electron chi connectivity index (χ3n) is 2.80. The van der Waals surface area contributed by atoms with Crippen molar-refractivity contribution in [2.24, 2.45) is 0 Å². The first-order valence-corrected chi connectivity index (χ1v) is 5.67. The number of rotatable bonds is 1. The van der Waals surface area contributed by atoms with Crippen molar-refractivity contribution in [3.05, 3.63) is 53.8 Å². The van der Waals surface area contributed by atoms with Gasteiger partial charge in [0.15, 0.2) is 5.49 Å². The van der Waals surface area contributed by atoms with E-state index in [-0.39, 0.29) is 11.8 Å². The van der Waals surface area contributed by atoms with Gasteiger partial charge in [0.25, 0.3) is 0 Å². The van der Waals surface area contributed by atoms with Gasteiger partial charge in [-0.2, -0.15) is 0 Å². The highest BCUT2D eigenvalue weighted by Crippen LogP contribution is 2.19. The average molecular weight is 247 g/mol. The summed E-state index contributed by atoms with van der Waals surface area (Å²) in [6.07, 6.45) is 5.34. The monoisotopic (exact) mass is 247 g/mol. The summed E-state index contributed by atoms with van der Waals surface area (Å²) in [6.45, 7) is 0. The van der Waals surface area contributed by atoms with Gasteiger partial charge < -0.3 is 4.98 Å². The Morgan fingerprint density at radius 1 is 1.32 bits per heavy atom. The smallest absolute Gasteiger partial charge is 0.174 e. The van der Waals surface area contributed by atoms with Crippen LogP contribution < -0.4 is 5.49 Å². The van der Waals surface area contributed by atoms with Gasteiger partial charge in [-0.25, -0.2) is 9.97 Å². The highest BCUT2D eigenvalue weighted by atomic mass is 14.9. The zero-order valence-corrected chi connectivity index (χ0v) is 9.94. The molecular formula is C15H10N4. The maximum Gasteiger partial charge on any atom is 0.174 e. The van der Waals surface area contributed by atoms with Crippen LogP contribution >= 0.6 is 0 Å². The molecule has 0 atom stereocenters. The Bertz CT molecular complexity index is 906. The van der Waals surface area contributed by atoms with E-state index in [9.17, 15) is 0 Å². The fourth-order valence-corrected chi connectivity index (χ4v) is 1.87. The number of pyridine rings is 1. The number of benzene rings is 1. The molecule has 0 saturated carbocycles. The van der Waals surface area contributed by atoms with Crippen LogP contribution in [0, 0.1) is 17.8 Å². The summed E-state index contributed by atoms with van der Waals surface area (Å²) in [6, 6.07) is 11.1. The Morgan fingerprint density at radius 2 is 2.21 bits per heavy atom. The fourth-order valence-electron chi connectivity index (χ4n) is 1.87. The van der Waals surface area contributed by atoms with Crippen LogP contribution in [0.15, 0.2) is 42.7 Å². The van der Waals surface area contributed by atoms with Crippen molar-refractivity contribution in [1.82, 2.24) is 15.0 Å². The first-order chi connectivity index (χ1) is 9.67. The highest BCUT2D eigenvalue weighted by molar-refractivity contribution is 5.76. The van der Waals surface area contributed by atoms with Gasteiger partial charge >= 0.3 is 0 Å². The van der Waals surface area contributed by atoms with Crippen LogP contribution in [0.1, 0.15) is 6.93 Å². The lowest BCUT2D eigenvalue weighted by molar-refractivity contribution is 1.06. The van der Waals surface area contributed by atoms with E-state index in [1.807, 2.05) is 30.3 Å². The van der Waals surface area contributed by atoms with E-state index in [0.29, 0.717) is 11.0 Å². The van der Waals surface area contributed by atoms with Gasteiger partial charge in [-0.1, -0.05) is 18.1 Å². The predicted octanol–water partition coefficient (Wildman–Crippen LogP) is 2.09. The molecular weight excluding hydrogens is 236 g/mol. The van der Waals surface area contributed by atoms with Crippen LogP contribution in [0.5, 0.6) is 0 Å². The Labute approximate surface area is 111 Å². The van der Waals surface area contributed by atoms with Crippen LogP contribution in [0.3, 0.4) is 0 Å². The lowest BCUT2D eigenvalue weighted by Gasteiger charge is -2.03. The van der Waals surface area contributed by atoms with Crippen LogP contribution in [0.2, 0.25) is 0 Å². The summed E-state index contributed by atoms with van der Waals surface area (Å²) < 4.78 is 7.45. The zero-order valence-electron chi connectivity index (χ0n) is 10.9. The van der Waals surface area contributed by atoms with Crippen LogP contribution in [0.4, 0.5) is 0 Å². The van der Waals surface area contributed by atoms with Crippen LogP contribution in [-0.4, -0.2) is 15.0 Å². The van der Waals surface area contributed by atoms with E-state index in [2.05, 4.69) is 20.9 Å². The normalized spacial score (nSPS) is 11.0. The lowest BCUT2D eigenvalue weighted by Crippen LogP contribution is -2.08. The number of hydrogen-bond donors (Lipinski definition) is 2. The molecule has 2 heterocycles. The van der Waals surface area contributed by atoms with Gasteiger partial charge in [-0.3, -0.25) is 5.41 Å². The zero-order chi connectivity index (χ0) is 14.1. The second kappa shape index (κ2) is 4.39. The summed E-state index contributed by atoms with van der Waals surface area (Å²) in [4.78, 5) is 11.0. The van der Waals surface area contributed by atoms with Gasteiger partial charge in [0.05, 0.1) is 17.5 Å². The highest BCUT2D eigenvalue weighted by Gasteiger charge is 2.03. The molecule has 3 rings (SSSR count). The minimum atomic E-state index is -0.0496. The molecule has 0 fully saturated rings. The summed E-state index contributed by atoms with van der Waals surface area (Å²) in [5.41, 5.74) is 3.42. The molecule has 4 nitrogen and oxygen atoms in total. The maximum absolute atomic E-state index is 7.80. The molecule has 0 aliphatic heterocycles. The maximum atomic E-state index is 7.80. The molecule has 90 valence electrons. The number of H-pyrrole nitrogens is 1. The van der Waals surface area contributed by atoms with Crippen molar-refractivity contribution in [2.45, 2.75) is 0 Å². The molecule has 2 N–H and O–H groups in total. The molecule has 0 unspecified atom stereocenters.